The van der Waals surface area contributed by atoms with Gasteiger partial charge in [0.25, 0.3) is 0 Å². The molecule has 0 saturated carbocycles. The van der Waals surface area contributed by atoms with Gasteiger partial charge in [-0.3, -0.25) is 0 Å². The first kappa shape index (κ1) is 10.3. The van der Waals surface area contributed by atoms with Crippen LogP contribution in [0, 0.1) is 0 Å². The largest absolute Gasteiger partial charge is 0.487 e. The lowest BCUT2D eigenvalue weighted by atomic mass is 9.95. The summed E-state index contributed by atoms with van der Waals surface area (Å²) in [6.07, 6.45) is 0.216. The lowest BCUT2D eigenvalue weighted by Crippen LogP contribution is -2.30. The van der Waals surface area contributed by atoms with Gasteiger partial charge in [-0.15, -0.1) is 0 Å². The summed E-state index contributed by atoms with van der Waals surface area (Å²) in [4.78, 5) is 0. The molecule has 0 radical (unpaired) electrons. The molecule has 0 fully saturated rings. The third kappa shape index (κ3) is 2.07. The molecule has 0 aromatic heterocycles. The van der Waals surface area contributed by atoms with E-state index in [1.165, 1.54) is 0 Å². The normalized spacial score (nSPS) is 20.1. The molecule has 82 valence electrons. The zero-order chi connectivity index (χ0) is 11.1. The number of ether oxygens (including phenoxy) is 1. The SMILES string of the molecule is CC1CNc2ccc(C(C)(C)N)cc2O1. The highest BCUT2D eigenvalue weighted by molar-refractivity contribution is 5.59. The molecule has 1 aliphatic heterocycles. The molecule has 15 heavy (non-hydrogen) atoms. The minimum atomic E-state index is -0.320. The third-order valence-corrected chi connectivity index (χ3v) is 2.63. The maximum Gasteiger partial charge on any atom is 0.143 e. The van der Waals surface area contributed by atoms with E-state index in [1.54, 1.807) is 0 Å². The van der Waals surface area contributed by atoms with Crippen LogP contribution in [-0.2, 0) is 5.54 Å². The molecule has 1 heterocycles. The van der Waals surface area contributed by atoms with E-state index < -0.39 is 0 Å². The van der Waals surface area contributed by atoms with Crippen LogP contribution in [-0.4, -0.2) is 12.6 Å². The summed E-state index contributed by atoms with van der Waals surface area (Å²) in [6.45, 7) is 6.90. The Labute approximate surface area is 90.6 Å². The van der Waals surface area contributed by atoms with E-state index in [0.29, 0.717) is 0 Å². The lowest BCUT2D eigenvalue weighted by molar-refractivity contribution is 0.225. The predicted molar refractivity (Wildman–Crippen MR) is 62.2 cm³/mol. The Balaban J connectivity index is 2.37. The topological polar surface area (TPSA) is 47.3 Å². The van der Waals surface area contributed by atoms with Gasteiger partial charge in [0.2, 0.25) is 0 Å². The van der Waals surface area contributed by atoms with Crippen LogP contribution in [0.4, 0.5) is 5.69 Å². The predicted octanol–water partition coefficient (Wildman–Crippen LogP) is 2.07. The van der Waals surface area contributed by atoms with Crippen molar-refractivity contribution in [3.63, 3.8) is 0 Å². The second kappa shape index (κ2) is 3.42. The van der Waals surface area contributed by atoms with Crippen molar-refractivity contribution >= 4 is 5.69 Å². The van der Waals surface area contributed by atoms with Crippen LogP contribution >= 0.6 is 0 Å². The summed E-state index contributed by atoms with van der Waals surface area (Å²) in [7, 11) is 0. The Hall–Kier alpha value is -1.22. The summed E-state index contributed by atoms with van der Waals surface area (Å²) < 4.78 is 5.75. The van der Waals surface area contributed by atoms with Gasteiger partial charge in [-0.05, 0) is 38.5 Å². The fourth-order valence-corrected chi connectivity index (χ4v) is 1.68. The summed E-state index contributed by atoms with van der Waals surface area (Å²) in [5.41, 5.74) is 7.88. The number of benzene rings is 1. The molecule has 0 amide bonds. The molecule has 3 N–H and O–H groups in total. The van der Waals surface area contributed by atoms with E-state index in [0.717, 1.165) is 23.5 Å². The Morgan fingerprint density at radius 3 is 2.87 bits per heavy atom. The molecule has 1 aromatic rings. The molecule has 0 bridgehead atoms. The average Bonchev–Trinajstić information content (AvgIpc) is 2.15. The molecule has 2 rings (SSSR count). The van der Waals surface area contributed by atoms with Crippen LogP contribution < -0.4 is 15.8 Å². The van der Waals surface area contributed by atoms with Crippen LogP contribution in [0.2, 0.25) is 0 Å². The van der Waals surface area contributed by atoms with Crippen molar-refractivity contribution < 1.29 is 4.74 Å². The molecule has 0 aliphatic carbocycles. The monoisotopic (exact) mass is 206 g/mol. The quantitative estimate of drug-likeness (QED) is 0.739. The summed E-state index contributed by atoms with van der Waals surface area (Å²) in [5.74, 6) is 0.907. The molecule has 1 unspecified atom stereocenters. The number of anilines is 1. The van der Waals surface area contributed by atoms with E-state index >= 15 is 0 Å². The molecule has 1 aliphatic rings. The number of nitrogens with one attached hydrogen (secondary N) is 1. The van der Waals surface area contributed by atoms with Crippen molar-refractivity contribution in [2.24, 2.45) is 5.73 Å². The number of hydrogen-bond acceptors (Lipinski definition) is 3. The van der Waals surface area contributed by atoms with Gasteiger partial charge in [0.1, 0.15) is 11.9 Å². The van der Waals surface area contributed by atoms with Crippen LogP contribution in [0.15, 0.2) is 18.2 Å². The zero-order valence-corrected chi connectivity index (χ0v) is 9.50. The van der Waals surface area contributed by atoms with Crippen molar-refractivity contribution in [2.45, 2.75) is 32.4 Å². The first-order valence-electron chi connectivity index (χ1n) is 5.31. The smallest absolute Gasteiger partial charge is 0.143 e. The summed E-state index contributed by atoms with van der Waals surface area (Å²) in [5, 5.41) is 3.33. The van der Waals surface area contributed by atoms with Crippen molar-refractivity contribution in [1.29, 1.82) is 0 Å². The first-order valence-corrected chi connectivity index (χ1v) is 5.31. The molecule has 3 heteroatoms. The van der Waals surface area contributed by atoms with Crippen molar-refractivity contribution in [2.75, 3.05) is 11.9 Å². The Morgan fingerprint density at radius 1 is 1.47 bits per heavy atom. The molecule has 1 atom stereocenters. The van der Waals surface area contributed by atoms with E-state index in [1.807, 2.05) is 32.0 Å². The summed E-state index contributed by atoms with van der Waals surface area (Å²) >= 11 is 0. The second-order valence-electron chi connectivity index (χ2n) is 4.74. The van der Waals surface area contributed by atoms with Gasteiger partial charge in [0.05, 0.1) is 12.2 Å². The van der Waals surface area contributed by atoms with Gasteiger partial charge in [0, 0.05) is 5.54 Å². The van der Waals surface area contributed by atoms with Gasteiger partial charge in [-0.2, -0.15) is 0 Å². The molecular weight excluding hydrogens is 188 g/mol. The number of fused-ring (bicyclic) bond motifs is 1. The van der Waals surface area contributed by atoms with Gasteiger partial charge in [-0.1, -0.05) is 6.07 Å². The van der Waals surface area contributed by atoms with Crippen LogP contribution in [0.25, 0.3) is 0 Å². The van der Waals surface area contributed by atoms with Crippen molar-refractivity contribution in [3.8, 4) is 5.75 Å². The van der Waals surface area contributed by atoms with Crippen LogP contribution in [0.1, 0.15) is 26.3 Å². The number of nitrogens with two attached hydrogens (primary N) is 1. The number of rotatable bonds is 1. The minimum Gasteiger partial charge on any atom is -0.487 e. The van der Waals surface area contributed by atoms with Crippen LogP contribution in [0.3, 0.4) is 0 Å². The van der Waals surface area contributed by atoms with Crippen molar-refractivity contribution in [3.05, 3.63) is 23.8 Å². The minimum absolute atomic E-state index is 0.216. The zero-order valence-electron chi connectivity index (χ0n) is 9.50. The fourth-order valence-electron chi connectivity index (χ4n) is 1.68. The summed E-state index contributed by atoms with van der Waals surface area (Å²) in [6, 6.07) is 6.11. The number of hydrogen-bond donors (Lipinski definition) is 2. The van der Waals surface area contributed by atoms with Gasteiger partial charge < -0.3 is 15.8 Å². The highest BCUT2D eigenvalue weighted by atomic mass is 16.5. The maximum atomic E-state index is 6.05. The molecular formula is C12H18N2O. The van der Waals surface area contributed by atoms with Crippen molar-refractivity contribution in [1.82, 2.24) is 0 Å². The van der Waals surface area contributed by atoms with E-state index in [9.17, 15) is 0 Å². The van der Waals surface area contributed by atoms with E-state index in [4.69, 9.17) is 10.5 Å². The molecule has 1 aromatic carbocycles. The lowest BCUT2D eigenvalue weighted by Gasteiger charge is -2.27. The molecule has 3 nitrogen and oxygen atoms in total. The fraction of sp³-hybridized carbons (Fsp3) is 0.500. The Bertz CT molecular complexity index is 368. The van der Waals surface area contributed by atoms with Gasteiger partial charge in [-0.25, -0.2) is 0 Å². The highest BCUT2D eigenvalue weighted by Crippen LogP contribution is 2.32. The molecule has 0 spiro atoms. The average molecular weight is 206 g/mol. The standard InChI is InChI=1S/C12H18N2O/c1-8-7-14-10-5-4-9(12(2,3)13)6-11(10)15-8/h4-6,8,14H,7,13H2,1-3H3. The third-order valence-electron chi connectivity index (χ3n) is 2.63. The maximum absolute atomic E-state index is 6.05. The first-order chi connectivity index (χ1) is 6.97. The van der Waals surface area contributed by atoms with Gasteiger partial charge >= 0.3 is 0 Å². The second-order valence-corrected chi connectivity index (χ2v) is 4.74. The molecule has 0 saturated heterocycles. The Morgan fingerprint density at radius 2 is 2.20 bits per heavy atom. The van der Waals surface area contributed by atoms with Crippen LogP contribution in [0.5, 0.6) is 5.75 Å². The van der Waals surface area contributed by atoms with E-state index in [-0.39, 0.29) is 11.6 Å². The highest BCUT2D eigenvalue weighted by Gasteiger charge is 2.20. The Kier molecular flexibility index (Phi) is 2.35. The van der Waals surface area contributed by atoms with Gasteiger partial charge in [0.15, 0.2) is 0 Å². The van der Waals surface area contributed by atoms with E-state index in [2.05, 4.69) is 12.2 Å².